The molecule has 1 aromatic rings. The first-order chi connectivity index (χ1) is 9.06. The van der Waals surface area contributed by atoms with Crippen LogP contribution in [0.1, 0.15) is 43.0 Å². The average Bonchev–Trinajstić information content (AvgIpc) is 2.37. The molecule has 4 heteroatoms. The molecule has 19 heavy (non-hydrogen) atoms. The highest BCUT2D eigenvalue weighted by Crippen LogP contribution is 2.29. The second kappa shape index (κ2) is 6.29. The summed E-state index contributed by atoms with van der Waals surface area (Å²) in [5.41, 5.74) is 6.55. The molecule has 1 aromatic carbocycles. The predicted octanol–water partition coefficient (Wildman–Crippen LogP) is 3.68. The number of hydrogen-bond donors (Lipinski definition) is 2. The second-order valence-corrected chi connectivity index (χ2v) is 5.97. The third kappa shape index (κ3) is 3.87. The maximum absolute atomic E-state index is 11.1. The number of anilines is 1. The number of nitrogens with two attached hydrogens (primary N) is 1. The lowest BCUT2D eigenvalue weighted by molar-refractivity contribution is 0.100. The van der Waals surface area contributed by atoms with Crippen LogP contribution >= 0.6 is 11.6 Å². The van der Waals surface area contributed by atoms with Gasteiger partial charge in [0.1, 0.15) is 0 Å². The second-order valence-electron chi connectivity index (χ2n) is 5.57. The standard InChI is InChI=1S/C15H21ClN2O/c1-10-2-4-11(5-3-10)9-18-12-6-7-13(15(17)19)14(16)8-12/h6-8,10-11,18H,2-5,9H2,1H3,(H2,17,19). The monoisotopic (exact) mass is 280 g/mol. The Morgan fingerprint density at radius 1 is 1.37 bits per heavy atom. The van der Waals surface area contributed by atoms with Crippen molar-refractivity contribution < 1.29 is 4.79 Å². The number of nitrogens with one attached hydrogen (secondary N) is 1. The van der Waals surface area contributed by atoms with Crippen LogP contribution in [0, 0.1) is 11.8 Å². The van der Waals surface area contributed by atoms with Gasteiger partial charge in [-0.1, -0.05) is 31.4 Å². The molecule has 1 aliphatic rings. The number of rotatable bonds is 4. The zero-order valence-electron chi connectivity index (χ0n) is 11.3. The first kappa shape index (κ1) is 14.2. The van der Waals surface area contributed by atoms with E-state index in [1.807, 2.05) is 6.07 Å². The van der Waals surface area contributed by atoms with E-state index in [1.54, 1.807) is 12.1 Å². The Balaban J connectivity index is 1.89. The van der Waals surface area contributed by atoms with Gasteiger partial charge in [0.05, 0.1) is 10.6 Å². The Bertz CT molecular complexity index is 453. The summed E-state index contributed by atoms with van der Waals surface area (Å²) < 4.78 is 0. The first-order valence-electron chi connectivity index (χ1n) is 6.89. The van der Waals surface area contributed by atoms with Crippen molar-refractivity contribution in [1.29, 1.82) is 0 Å². The van der Waals surface area contributed by atoms with Gasteiger partial charge in [0.15, 0.2) is 0 Å². The fourth-order valence-electron chi connectivity index (χ4n) is 2.62. The van der Waals surface area contributed by atoms with E-state index in [0.29, 0.717) is 10.6 Å². The molecule has 0 aliphatic heterocycles. The van der Waals surface area contributed by atoms with Crippen LogP contribution in [0.4, 0.5) is 5.69 Å². The van der Waals surface area contributed by atoms with Gasteiger partial charge in [0.2, 0.25) is 5.91 Å². The Labute approximate surface area is 119 Å². The molecule has 0 spiro atoms. The Morgan fingerprint density at radius 3 is 2.63 bits per heavy atom. The van der Waals surface area contributed by atoms with Crippen LogP contribution in [-0.4, -0.2) is 12.5 Å². The minimum absolute atomic E-state index is 0.374. The number of amides is 1. The SMILES string of the molecule is CC1CCC(CNc2ccc(C(N)=O)c(Cl)c2)CC1. The highest BCUT2D eigenvalue weighted by Gasteiger charge is 2.17. The summed E-state index contributed by atoms with van der Waals surface area (Å²) in [5, 5.41) is 3.81. The third-order valence-electron chi connectivity index (χ3n) is 3.96. The molecule has 0 bridgehead atoms. The number of primary amides is 1. The normalized spacial score (nSPS) is 23.1. The van der Waals surface area contributed by atoms with Crippen molar-refractivity contribution >= 4 is 23.2 Å². The van der Waals surface area contributed by atoms with Crippen LogP contribution in [0.5, 0.6) is 0 Å². The summed E-state index contributed by atoms with van der Waals surface area (Å²) in [6.07, 6.45) is 5.24. The summed E-state index contributed by atoms with van der Waals surface area (Å²) in [7, 11) is 0. The molecule has 0 atom stereocenters. The van der Waals surface area contributed by atoms with E-state index in [9.17, 15) is 4.79 Å². The van der Waals surface area contributed by atoms with Crippen LogP contribution in [0.3, 0.4) is 0 Å². The molecule has 0 saturated heterocycles. The van der Waals surface area contributed by atoms with Crippen molar-refractivity contribution in [2.45, 2.75) is 32.6 Å². The van der Waals surface area contributed by atoms with Crippen LogP contribution in [0.25, 0.3) is 0 Å². The molecule has 0 radical (unpaired) electrons. The van der Waals surface area contributed by atoms with E-state index in [2.05, 4.69) is 12.2 Å². The minimum atomic E-state index is -0.488. The summed E-state index contributed by atoms with van der Waals surface area (Å²) in [5.74, 6) is 1.13. The predicted molar refractivity (Wildman–Crippen MR) is 79.6 cm³/mol. The topological polar surface area (TPSA) is 55.1 Å². The van der Waals surface area contributed by atoms with Gasteiger partial charge in [-0.25, -0.2) is 0 Å². The van der Waals surface area contributed by atoms with Gasteiger partial charge in [0.25, 0.3) is 0 Å². The summed E-state index contributed by atoms with van der Waals surface area (Å²) in [6, 6.07) is 5.31. The fraction of sp³-hybridized carbons (Fsp3) is 0.533. The van der Waals surface area contributed by atoms with Gasteiger partial charge in [-0.2, -0.15) is 0 Å². The Kier molecular flexibility index (Phi) is 4.70. The quantitative estimate of drug-likeness (QED) is 0.884. The van der Waals surface area contributed by atoms with Crippen molar-refractivity contribution in [3.8, 4) is 0 Å². The molecule has 0 heterocycles. The van der Waals surface area contributed by atoms with Crippen LogP contribution in [0.15, 0.2) is 18.2 Å². The number of halogens is 1. The number of hydrogen-bond acceptors (Lipinski definition) is 2. The van der Waals surface area contributed by atoms with Gasteiger partial charge in [0, 0.05) is 12.2 Å². The molecule has 1 amide bonds. The van der Waals surface area contributed by atoms with Crippen LogP contribution < -0.4 is 11.1 Å². The third-order valence-corrected chi connectivity index (χ3v) is 4.28. The molecule has 1 fully saturated rings. The highest BCUT2D eigenvalue weighted by molar-refractivity contribution is 6.34. The Morgan fingerprint density at radius 2 is 2.05 bits per heavy atom. The van der Waals surface area contributed by atoms with Gasteiger partial charge in [-0.05, 0) is 42.9 Å². The van der Waals surface area contributed by atoms with Gasteiger partial charge >= 0.3 is 0 Å². The van der Waals surface area contributed by atoms with Gasteiger partial charge in [-0.15, -0.1) is 0 Å². The van der Waals surface area contributed by atoms with Crippen molar-refractivity contribution in [2.24, 2.45) is 17.6 Å². The summed E-state index contributed by atoms with van der Waals surface area (Å²) in [4.78, 5) is 11.1. The summed E-state index contributed by atoms with van der Waals surface area (Å²) in [6.45, 7) is 3.30. The van der Waals surface area contributed by atoms with E-state index in [1.165, 1.54) is 25.7 Å². The van der Waals surface area contributed by atoms with Crippen molar-refractivity contribution in [2.75, 3.05) is 11.9 Å². The van der Waals surface area contributed by atoms with Crippen molar-refractivity contribution in [1.82, 2.24) is 0 Å². The first-order valence-corrected chi connectivity index (χ1v) is 7.27. The lowest BCUT2D eigenvalue weighted by Gasteiger charge is -2.26. The van der Waals surface area contributed by atoms with Crippen LogP contribution in [-0.2, 0) is 0 Å². The number of benzene rings is 1. The molecule has 3 N–H and O–H groups in total. The summed E-state index contributed by atoms with van der Waals surface area (Å²) >= 11 is 6.02. The maximum atomic E-state index is 11.1. The smallest absolute Gasteiger partial charge is 0.250 e. The molecule has 1 aliphatic carbocycles. The largest absolute Gasteiger partial charge is 0.385 e. The van der Waals surface area contributed by atoms with E-state index >= 15 is 0 Å². The van der Waals surface area contributed by atoms with Gasteiger partial charge < -0.3 is 11.1 Å². The van der Waals surface area contributed by atoms with E-state index in [-0.39, 0.29) is 0 Å². The lowest BCUT2D eigenvalue weighted by Crippen LogP contribution is -2.20. The molecular formula is C15H21ClN2O. The maximum Gasteiger partial charge on any atom is 0.250 e. The van der Waals surface area contributed by atoms with Crippen molar-refractivity contribution in [3.05, 3.63) is 28.8 Å². The van der Waals surface area contributed by atoms with Crippen molar-refractivity contribution in [3.63, 3.8) is 0 Å². The Hall–Kier alpha value is -1.22. The fourth-order valence-corrected chi connectivity index (χ4v) is 2.89. The zero-order chi connectivity index (χ0) is 13.8. The number of carbonyl (C=O) groups excluding carboxylic acids is 1. The van der Waals surface area contributed by atoms with Gasteiger partial charge in [-0.3, -0.25) is 4.79 Å². The molecule has 0 unspecified atom stereocenters. The average molecular weight is 281 g/mol. The highest BCUT2D eigenvalue weighted by atomic mass is 35.5. The molecule has 2 rings (SSSR count). The molecule has 1 saturated carbocycles. The molecule has 0 aromatic heterocycles. The molecule has 104 valence electrons. The molecular weight excluding hydrogens is 260 g/mol. The van der Waals surface area contributed by atoms with E-state index in [0.717, 1.165) is 24.1 Å². The minimum Gasteiger partial charge on any atom is -0.385 e. The number of carbonyl (C=O) groups is 1. The zero-order valence-corrected chi connectivity index (χ0v) is 12.0. The lowest BCUT2D eigenvalue weighted by atomic mass is 9.83. The van der Waals surface area contributed by atoms with E-state index < -0.39 is 5.91 Å². The van der Waals surface area contributed by atoms with Crippen LogP contribution in [0.2, 0.25) is 5.02 Å². The molecule has 3 nitrogen and oxygen atoms in total. The van der Waals surface area contributed by atoms with E-state index in [4.69, 9.17) is 17.3 Å².